The van der Waals surface area contributed by atoms with Gasteiger partial charge < -0.3 is 10.1 Å². The molecule has 1 fully saturated rings. The van der Waals surface area contributed by atoms with E-state index >= 15 is 0 Å². The van der Waals surface area contributed by atoms with Gasteiger partial charge in [0.15, 0.2) is 0 Å². The highest BCUT2D eigenvalue weighted by Crippen LogP contribution is 2.31. The Morgan fingerprint density at radius 3 is 2.70 bits per heavy atom. The third-order valence-electron chi connectivity index (χ3n) is 3.24. The molecule has 2 aromatic rings. The lowest BCUT2D eigenvalue weighted by atomic mass is 10.2. The summed E-state index contributed by atoms with van der Waals surface area (Å²) in [7, 11) is 0. The maximum Gasteiger partial charge on any atom is 0.140 e. The van der Waals surface area contributed by atoms with Gasteiger partial charge in [0.1, 0.15) is 11.5 Å². The third kappa shape index (κ3) is 3.74. The highest BCUT2D eigenvalue weighted by Gasteiger charge is 2.20. The van der Waals surface area contributed by atoms with Gasteiger partial charge in [-0.25, -0.2) is 0 Å². The van der Waals surface area contributed by atoms with Crippen LogP contribution in [0.3, 0.4) is 0 Å². The molecule has 2 nitrogen and oxygen atoms in total. The van der Waals surface area contributed by atoms with Crippen LogP contribution in [0.5, 0.6) is 11.5 Å². The summed E-state index contributed by atoms with van der Waals surface area (Å²) < 4.78 is 8.28. The number of rotatable bonds is 5. The minimum atomic E-state index is 0.693. The second kappa shape index (κ2) is 6.45. The van der Waals surface area contributed by atoms with Gasteiger partial charge in [-0.15, -0.1) is 0 Å². The van der Waals surface area contributed by atoms with E-state index in [-0.39, 0.29) is 0 Å². The zero-order valence-electron chi connectivity index (χ0n) is 10.9. The quantitative estimate of drug-likeness (QED) is 0.649. The van der Waals surface area contributed by atoms with Crippen molar-refractivity contribution in [3.05, 3.63) is 56.1 Å². The second-order valence-electron chi connectivity index (χ2n) is 4.94. The molecule has 1 N–H and O–H groups in total. The maximum atomic E-state index is 6.08. The standard InChI is InChI=1S/C16H15BrINO/c17-12-5-8-15(11(9-12)10-19-13-6-7-13)20-16-4-2-1-3-14(16)18/h1-5,8-9,13,19H,6-7,10H2. The topological polar surface area (TPSA) is 21.3 Å². The summed E-state index contributed by atoms with van der Waals surface area (Å²) in [4.78, 5) is 0. The van der Waals surface area contributed by atoms with Gasteiger partial charge in [0, 0.05) is 22.6 Å². The van der Waals surface area contributed by atoms with Crippen LogP contribution in [0.15, 0.2) is 46.9 Å². The lowest BCUT2D eigenvalue weighted by molar-refractivity contribution is 0.469. The molecule has 3 rings (SSSR count). The van der Waals surface area contributed by atoms with E-state index in [0.717, 1.165) is 26.1 Å². The zero-order chi connectivity index (χ0) is 13.9. The smallest absolute Gasteiger partial charge is 0.140 e. The Bertz CT molecular complexity index is 613. The largest absolute Gasteiger partial charge is 0.456 e. The summed E-state index contributed by atoms with van der Waals surface area (Å²) in [5.74, 6) is 1.83. The predicted octanol–water partition coefficient (Wildman–Crippen LogP) is 5.10. The molecule has 20 heavy (non-hydrogen) atoms. The van der Waals surface area contributed by atoms with Crippen molar-refractivity contribution in [2.75, 3.05) is 0 Å². The van der Waals surface area contributed by atoms with Gasteiger partial charge in [0.2, 0.25) is 0 Å². The zero-order valence-corrected chi connectivity index (χ0v) is 14.6. The van der Waals surface area contributed by atoms with Gasteiger partial charge in [-0.05, 0) is 65.8 Å². The van der Waals surface area contributed by atoms with Crippen LogP contribution in [0.4, 0.5) is 0 Å². The van der Waals surface area contributed by atoms with Gasteiger partial charge >= 0.3 is 0 Å². The van der Waals surface area contributed by atoms with Crippen LogP contribution in [0.1, 0.15) is 18.4 Å². The van der Waals surface area contributed by atoms with E-state index in [4.69, 9.17) is 4.74 Å². The summed E-state index contributed by atoms with van der Waals surface area (Å²) in [5, 5.41) is 3.54. The van der Waals surface area contributed by atoms with Gasteiger partial charge in [-0.1, -0.05) is 28.1 Å². The van der Waals surface area contributed by atoms with E-state index in [1.165, 1.54) is 18.4 Å². The van der Waals surface area contributed by atoms with Crippen LogP contribution in [-0.2, 0) is 6.54 Å². The Labute approximate surface area is 141 Å². The number of para-hydroxylation sites is 1. The van der Waals surface area contributed by atoms with E-state index in [1.54, 1.807) is 0 Å². The molecule has 0 atom stereocenters. The van der Waals surface area contributed by atoms with Crippen LogP contribution in [0, 0.1) is 3.57 Å². The molecule has 1 saturated carbocycles. The Morgan fingerprint density at radius 2 is 1.95 bits per heavy atom. The van der Waals surface area contributed by atoms with E-state index in [9.17, 15) is 0 Å². The highest BCUT2D eigenvalue weighted by atomic mass is 127. The summed E-state index contributed by atoms with van der Waals surface area (Å²) >= 11 is 5.83. The van der Waals surface area contributed by atoms with Gasteiger partial charge in [-0.3, -0.25) is 0 Å². The summed E-state index contributed by atoms with van der Waals surface area (Å²) in [6.45, 7) is 0.850. The molecule has 0 heterocycles. The van der Waals surface area contributed by atoms with Gasteiger partial charge in [0.25, 0.3) is 0 Å². The molecule has 0 bridgehead atoms. The monoisotopic (exact) mass is 443 g/mol. The molecule has 0 radical (unpaired) electrons. The van der Waals surface area contributed by atoms with Gasteiger partial charge in [0.05, 0.1) is 3.57 Å². The maximum absolute atomic E-state index is 6.08. The van der Waals surface area contributed by atoms with Crippen LogP contribution in [0.25, 0.3) is 0 Å². The molecule has 0 spiro atoms. The number of hydrogen-bond acceptors (Lipinski definition) is 2. The lowest BCUT2D eigenvalue weighted by Gasteiger charge is -2.13. The molecular formula is C16H15BrINO. The molecular weight excluding hydrogens is 429 g/mol. The van der Waals surface area contributed by atoms with E-state index in [0.29, 0.717) is 6.04 Å². The lowest BCUT2D eigenvalue weighted by Crippen LogP contribution is -2.15. The second-order valence-corrected chi connectivity index (χ2v) is 7.02. The van der Waals surface area contributed by atoms with Crippen molar-refractivity contribution in [3.63, 3.8) is 0 Å². The van der Waals surface area contributed by atoms with E-state index < -0.39 is 0 Å². The molecule has 0 unspecified atom stereocenters. The average Bonchev–Trinajstić information content (AvgIpc) is 3.25. The first kappa shape index (κ1) is 14.4. The molecule has 0 saturated heterocycles. The number of halogens is 2. The van der Waals surface area contributed by atoms with Crippen LogP contribution < -0.4 is 10.1 Å². The number of nitrogens with one attached hydrogen (secondary N) is 1. The number of benzene rings is 2. The minimum absolute atomic E-state index is 0.693. The van der Waals surface area contributed by atoms with Crippen molar-refractivity contribution in [3.8, 4) is 11.5 Å². The van der Waals surface area contributed by atoms with Gasteiger partial charge in [-0.2, -0.15) is 0 Å². The molecule has 104 valence electrons. The average molecular weight is 444 g/mol. The Kier molecular flexibility index (Phi) is 4.63. The third-order valence-corrected chi connectivity index (χ3v) is 4.62. The molecule has 1 aliphatic rings. The first-order valence-electron chi connectivity index (χ1n) is 6.66. The summed E-state index contributed by atoms with van der Waals surface area (Å²) in [5.41, 5.74) is 1.19. The van der Waals surface area contributed by atoms with Crippen molar-refractivity contribution < 1.29 is 4.74 Å². The summed E-state index contributed by atoms with van der Waals surface area (Å²) in [6, 6.07) is 14.9. The van der Waals surface area contributed by atoms with Crippen LogP contribution >= 0.6 is 38.5 Å². The number of ether oxygens (including phenoxy) is 1. The van der Waals surface area contributed by atoms with Crippen molar-refractivity contribution in [1.82, 2.24) is 5.32 Å². The van der Waals surface area contributed by atoms with Crippen molar-refractivity contribution >= 4 is 38.5 Å². The fraction of sp³-hybridized carbons (Fsp3) is 0.250. The van der Waals surface area contributed by atoms with Crippen molar-refractivity contribution in [2.24, 2.45) is 0 Å². The highest BCUT2D eigenvalue weighted by molar-refractivity contribution is 14.1. The van der Waals surface area contributed by atoms with E-state index in [2.05, 4.69) is 56.0 Å². The van der Waals surface area contributed by atoms with Crippen LogP contribution in [0.2, 0.25) is 0 Å². The first-order chi connectivity index (χ1) is 9.72. The molecule has 4 heteroatoms. The van der Waals surface area contributed by atoms with Crippen molar-refractivity contribution in [1.29, 1.82) is 0 Å². The predicted molar refractivity (Wildman–Crippen MR) is 93.2 cm³/mol. The molecule has 1 aliphatic carbocycles. The SMILES string of the molecule is Brc1ccc(Oc2ccccc2I)c(CNC2CC2)c1. The summed E-state index contributed by atoms with van der Waals surface area (Å²) in [6.07, 6.45) is 2.58. The Hall–Kier alpha value is -0.590. The molecule has 0 aromatic heterocycles. The Balaban J connectivity index is 1.82. The molecule has 0 amide bonds. The molecule has 0 aliphatic heterocycles. The number of hydrogen-bond donors (Lipinski definition) is 1. The van der Waals surface area contributed by atoms with Crippen LogP contribution in [-0.4, -0.2) is 6.04 Å². The fourth-order valence-electron chi connectivity index (χ4n) is 1.97. The van der Waals surface area contributed by atoms with Crippen molar-refractivity contribution in [2.45, 2.75) is 25.4 Å². The molecule has 2 aromatic carbocycles. The minimum Gasteiger partial charge on any atom is -0.456 e. The normalized spacial score (nSPS) is 14.3. The first-order valence-corrected chi connectivity index (χ1v) is 8.54. The van der Waals surface area contributed by atoms with E-state index in [1.807, 2.05) is 30.3 Å². The Morgan fingerprint density at radius 1 is 1.15 bits per heavy atom. The fourth-order valence-corrected chi connectivity index (χ4v) is 2.88.